The van der Waals surface area contributed by atoms with Crippen molar-refractivity contribution in [3.63, 3.8) is 0 Å². The smallest absolute Gasteiger partial charge is 0.352 e. The second-order valence-corrected chi connectivity index (χ2v) is 4.34. The fourth-order valence-electron chi connectivity index (χ4n) is 1.20. The first-order valence-electron chi connectivity index (χ1n) is 5.28. The highest BCUT2D eigenvalue weighted by Gasteiger charge is 2.14. The molecule has 0 aliphatic heterocycles. The van der Waals surface area contributed by atoms with Crippen molar-refractivity contribution < 1.29 is 14.7 Å². The zero-order valence-corrected chi connectivity index (χ0v) is 10.7. The number of carboxylic acid groups (broad SMARTS) is 1. The van der Waals surface area contributed by atoms with Crippen molar-refractivity contribution in [3.8, 4) is 0 Å². The van der Waals surface area contributed by atoms with E-state index in [0.717, 1.165) is 0 Å². The standard InChI is InChI=1S/C12H13ClN2O3/c1-7(2)10(12(17)18)14-15-11(16)8-3-5-9(13)6-4-8/h3-7H,1-2H3,(H,15,16)(H,17,18)/b14-10+. The number of benzene rings is 1. The summed E-state index contributed by atoms with van der Waals surface area (Å²) in [7, 11) is 0. The third-order valence-electron chi connectivity index (χ3n) is 2.15. The Kier molecular flexibility index (Phi) is 4.85. The van der Waals surface area contributed by atoms with Gasteiger partial charge in [0.15, 0.2) is 0 Å². The first-order chi connectivity index (χ1) is 8.41. The summed E-state index contributed by atoms with van der Waals surface area (Å²) in [6.45, 7) is 3.36. The van der Waals surface area contributed by atoms with Crippen LogP contribution in [0.25, 0.3) is 0 Å². The third kappa shape index (κ3) is 3.85. The lowest BCUT2D eigenvalue weighted by molar-refractivity contribution is -0.129. The molecular formula is C12H13ClN2O3. The van der Waals surface area contributed by atoms with Gasteiger partial charge in [-0.05, 0) is 24.3 Å². The fraction of sp³-hybridized carbons (Fsp3) is 0.250. The van der Waals surface area contributed by atoms with Crippen LogP contribution in [-0.2, 0) is 4.79 Å². The summed E-state index contributed by atoms with van der Waals surface area (Å²) >= 11 is 5.69. The van der Waals surface area contributed by atoms with E-state index >= 15 is 0 Å². The van der Waals surface area contributed by atoms with Crippen molar-refractivity contribution in [1.29, 1.82) is 0 Å². The minimum atomic E-state index is -1.15. The lowest BCUT2D eigenvalue weighted by Crippen LogP contribution is -2.26. The van der Waals surface area contributed by atoms with E-state index in [1.807, 2.05) is 0 Å². The van der Waals surface area contributed by atoms with Gasteiger partial charge in [0.05, 0.1) is 0 Å². The van der Waals surface area contributed by atoms with Crippen LogP contribution in [0.2, 0.25) is 5.02 Å². The van der Waals surface area contributed by atoms with Crippen LogP contribution in [0.3, 0.4) is 0 Å². The number of carboxylic acids is 1. The zero-order valence-electron chi connectivity index (χ0n) is 9.98. The molecule has 0 heterocycles. The minimum absolute atomic E-state index is 0.0997. The summed E-state index contributed by atoms with van der Waals surface area (Å²) in [5.74, 6) is -1.92. The molecule has 18 heavy (non-hydrogen) atoms. The molecule has 1 rings (SSSR count). The first-order valence-corrected chi connectivity index (χ1v) is 5.66. The Bertz CT molecular complexity index is 481. The summed E-state index contributed by atoms with van der Waals surface area (Å²) in [6, 6.07) is 6.20. The van der Waals surface area contributed by atoms with Gasteiger partial charge in [-0.15, -0.1) is 0 Å². The zero-order chi connectivity index (χ0) is 13.7. The average Bonchev–Trinajstić information content (AvgIpc) is 2.28. The van der Waals surface area contributed by atoms with E-state index in [2.05, 4.69) is 10.5 Å². The van der Waals surface area contributed by atoms with E-state index in [1.165, 1.54) is 12.1 Å². The van der Waals surface area contributed by atoms with E-state index in [-0.39, 0.29) is 11.6 Å². The Labute approximate surface area is 109 Å². The molecule has 0 unspecified atom stereocenters. The van der Waals surface area contributed by atoms with Gasteiger partial charge in [0.25, 0.3) is 5.91 Å². The number of hydrazone groups is 1. The highest BCUT2D eigenvalue weighted by molar-refractivity contribution is 6.36. The molecule has 0 saturated heterocycles. The monoisotopic (exact) mass is 268 g/mol. The number of aliphatic carboxylic acids is 1. The molecule has 0 fully saturated rings. The summed E-state index contributed by atoms with van der Waals surface area (Å²) in [6.07, 6.45) is 0. The van der Waals surface area contributed by atoms with E-state index in [4.69, 9.17) is 16.7 Å². The van der Waals surface area contributed by atoms with Crippen molar-refractivity contribution in [2.45, 2.75) is 13.8 Å². The quantitative estimate of drug-likeness (QED) is 0.649. The number of hydrogen-bond donors (Lipinski definition) is 2. The van der Waals surface area contributed by atoms with Gasteiger partial charge >= 0.3 is 5.97 Å². The average molecular weight is 269 g/mol. The fourth-order valence-corrected chi connectivity index (χ4v) is 1.33. The van der Waals surface area contributed by atoms with Crippen molar-refractivity contribution in [2.75, 3.05) is 0 Å². The molecule has 0 bridgehead atoms. The topological polar surface area (TPSA) is 78.8 Å². The van der Waals surface area contributed by atoms with Gasteiger partial charge in [0.2, 0.25) is 0 Å². The lowest BCUT2D eigenvalue weighted by atomic mass is 10.1. The Balaban J connectivity index is 2.79. The first kappa shape index (κ1) is 14.2. The molecule has 6 heteroatoms. The molecule has 0 aliphatic carbocycles. The SMILES string of the molecule is CC(C)/C(=N\NC(=O)c1ccc(Cl)cc1)C(=O)O. The Morgan fingerprint density at radius 2 is 1.83 bits per heavy atom. The van der Waals surface area contributed by atoms with E-state index in [9.17, 15) is 9.59 Å². The van der Waals surface area contributed by atoms with Crippen LogP contribution in [0.1, 0.15) is 24.2 Å². The normalized spacial score (nSPS) is 11.4. The molecule has 0 spiro atoms. The summed E-state index contributed by atoms with van der Waals surface area (Å²) in [4.78, 5) is 22.5. The predicted octanol–water partition coefficient (Wildman–Crippen LogP) is 2.17. The Hall–Kier alpha value is -1.88. The Morgan fingerprint density at radius 3 is 2.28 bits per heavy atom. The highest BCUT2D eigenvalue weighted by Crippen LogP contribution is 2.09. The van der Waals surface area contributed by atoms with Gasteiger partial charge < -0.3 is 5.11 Å². The summed E-state index contributed by atoms with van der Waals surface area (Å²) in [5, 5.41) is 13.0. The summed E-state index contributed by atoms with van der Waals surface area (Å²) < 4.78 is 0. The largest absolute Gasteiger partial charge is 0.477 e. The van der Waals surface area contributed by atoms with Crippen LogP contribution in [0.15, 0.2) is 29.4 Å². The van der Waals surface area contributed by atoms with Gasteiger partial charge in [-0.1, -0.05) is 25.4 Å². The summed E-state index contributed by atoms with van der Waals surface area (Å²) in [5.41, 5.74) is 2.46. The van der Waals surface area contributed by atoms with Crippen molar-refractivity contribution in [2.24, 2.45) is 11.0 Å². The third-order valence-corrected chi connectivity index (χ3v) is 2.40. The van der Waals surface area contributed by atoms with Crippen molar-refractivity contribution >= 4 is 29.2 Å². The number of nitrogens with one attached hydrogen (secondary N) is 1. The highest BCUT2D eigenvalue weighted by atomic mass is 35.5. The number of amides is 1. The van der Waals surface area contributed by atoms with E-state index in [1.54, 1.807) is 26.0 Å². The number of carbonyl (C=O) groups is 2. The van der Waals surface area contributed by atoms with Crippen LogP contribution in [0, 0.1) is 5.92 Å². The molecule has 96 valence electrons. The van der Waals surface area contributed by atoms with E-state index < -0.39 is 11.9 Å². The van der Waals surface area contributed by atoms with Crippen LogP contribution in [0.4, 0.5) is 0 Å². The minimum Gasteiger partial charge on any atom is -0.477 e. The molecule has 1 aromatic carbocycles. The molecular weight excluding hydrogens is 256 g/mol. The van der Waals surface area contributed by atoms with Gasteiger partial charge in [-0.3, -0.25) is 4.79 Å². The molecule has 0 atom stereocenters. The van der Waals surface area contributed by atoms with Crippen molar-refractivity contribution in [1.82, 2.24) is 5.43 Å². The second-order valence-electron chi connectivity index (χ2n) is 3.90. The van der Waals surface area contributed by atoms with Crippen molar-refractivity contribution in [3.05, 3.63) is 34.9 Å². The molecule has 2 N–H and O–H groups in total. The number of hydrogen-bond acceptors (Lipinski definition) is 3. The van der Waals surface area contributed by atoms with Crippen LogP contribution in [0.5, 0.6) is 0 Å². The number of nitrogens with zero attached hydrogens (tertiary/aromatic N) is 1. The molecule has 0 aliphatic rings. The number of carbonyl (C=O) groups excluding carboxylic acids is 1. The maximum absolute atomic E-state index is 11.7. The van der Waals surface area contributed by atoms with Crippen LogP contribution < -0.4 is 5.43 Å². The molecule has 5 nitrogen and oxygen atoms in total. The van der Waals surface area contributed by atoms with Gasteiger partial charge in [-0.2, -0.15) is 5.10 Å². The molecule has 0 aromatic heterocycles. The van der Waals surface area contributed by atoms with Crippen LogP contribution >= 0.6 is 11.6 Å². The molecule has 1 amide bonds. The number of rotatable bonds is 4. The maximum Gasteiger partial charge on any atom is 0.352 e. The van der Waals surface area contributed by atoms with Gasteiger partial charge in [-0.25, -0.2) is 10.2 Å². The molecule has 0 saturated carbocycles. The van der Waals surface area contributed by atoms with Gasteiger partial charge in [0, 0.05) is 16.5 Å². The maximum atomic E-state index is 11.7. The lowest BCUT2D eigenvalue weighted by Gasteiger charge is -2.05. The van der Waals surface area contributed by atoms with Gasteiger partial charge in [0.1, 0.15) is 5.71 Å². The number of halogens is 1. The molecule has 1 aromatic rings. The van der Waals surface area contributed by atoms with E-state index in [0.29, 0.717) is 10.6 Å². The second kappa shape index (κ2) is 6.16. The molecule has 0 radical (unpaired) electrons. The van der Waals surface area contributed by atoms with Crippen LogP contribution in [-0.4, -0.2) is 22.7 Å². The Morgan fingerprint density at radius 1 is 1.28 bits per heavy atom. The predicted molar refractivity (Wildman–Crippen MR) is 68.8 cm³/mol.